The molecular formula is C64H84N4O14. The van der Waals surface area contributed by atoms with Crippen LogP contribution in [-0.2, 0) is 35.0 Å². The predicted molar refractivity (Wildman–Crippen MR) is 304 cm³/mol. The summed E-state index contributed by atoms with van der Waals surface area (Å²) in [5.74, 6) is -3.97. The molecule has 0 aromatic heterocycles. The van der Waals surface area contributed by atoms with Crippen LogP contribution in [0.25, 0.3) is 6.08 Å². The first-order chi connectivity index (χ1) is 38.9. The number of hydrogen-bond acceptors (Lipinski definition) is 17. The van der Waals surface area contributed by atoms with Gasteiger partial charge in [-0.15, -0.1) is 0 Å². The van der Waals surface area contributed by atoms with Crippen LogP contribution >= 0.6 is 0 Å². The summed E-state index contributed by atoms with van der Waals surface area (Å²) >= 11 is 0. The number of esters is 1. The van der Waals surface area contributed by atoms with Gasteiger partial charge in [0.2, 0.25) is 6.29 Å². The molecule has 2 aromatic rings. The zero-order chi connectivity index (χ0) is 58.3. The number of piperidine rings is 2. The van der Waals surface area contributed by atoms with Crippen LogP contribution in [-0.4, -0.2) is 141 Å². The van der Waals surface area contributed by atoms with Crippen molar-refractivity contribution in [3.8, 4) is 23.0 Å². The van der Waals surface area contributed by atoms with Crippen LogP contribution < -0.4 is 29.8 Å². The van der Waals surface area contributed by atoms with E-state index in [0.29, 0.717) is 35.3 Å². The van der Waals surface area contributed by atoms with Gasteiger partial charge in [0.15, 0.2) is 34.3 Å². The molecule has 18 nitrogen and oxygen atoms in total. The molecule has 18 heteroatoms. The molecule has 3 aliphatic carbocycles. The fraction of sp³-hybridized carbons (Fsp3) is 0.625. The number of nitrogens with one attached hydrogen (secondary N) is 2. The average molecular weight is 1130 g/mol. The summed E-state index contributed by atoms with van der Waals surface area (Å²) in [5.41, 5.74) is 5.47. The first kappa shape index (κ1) is 58.5. The number of ketones is 2. The second kappa shape index (κ2) is 22.3. The molecule has 7 aliphatic heterocycles. The molecule has 82 heavy (non-hydrogen) atoms. The van der Waals surface area contributed by atoms with Gasteiger partial charge in [0.05, 0.1) is 29.3 Å². The highest BCUT2D eigenvalue weighted by atomic mass is 16.8. The molecule has 7 heterocycles. The first-order valence-electron chi connectivity index (χ1n) is 29.9. The second-order valence-electron chi connectivity index (χ2n) is 26.0. The number of carbonyl (C=O) groups is 4. The maximum absolute atomic E-state index is 16.8. The number of hydrazine groups is 2. The molecule has 12 rings (SSSR count). The Morgan fingerprint density at radius 3 is 2.20 bits per heavy atom. The maximum Gasteiger partial charge on any atom is 0.343 e. The van der Waals surface area contributed by atoms with Gasteiger partial charge in [0.25, 0.3) is 5.91 Å². The summed E-state index contributed by atoms with van der Waals surface area (Å²) in [5, 5.41) is 26.3. The Morgan fingerprint density at radius 2 is 1.51 bits per heavy atom. The van der Waals surface area contributed by atoms with Gasteiger partial charge in [-0.2, -0.15) is 0 Å². The third kappa shape index (κ3) is 10.5. The fourth-order valence-electron chi connectivity index (χ4n) is 14.4. The minimum Gasteiger partial charge on any atom is -0.482 e. The van der Waals surface area contributed by atoms with Crippen LogP contribution in [0, 0.1) is 17.8 Å². The number of ether oxygens (including phenoxy) is 8. The number of aliphatic hydroxyl groups excluding tert-OH is 2. The maximum atomic E-state index is 16.8. The lowest BCUT2D eigenvalue weighted by atomic mass is 9.45. The monoisotopic (exact) mass is 1130 g/mol. The summed E-state index contributed by atoms with van der Waals surface area (Å²) < 4.78 is 52.8. The first-order valence-corrected chi connectivity index (χ1v) is 29.9. The smallest absolute Gasteiger partial charge is 0.343 e. The van der Waals surface area contributed by atoms with Crippen molar-refractivity contribution >= 4 is 29.5 Å². The lowest BCUT2D eigenvalue weighted by molar-refractivity contribution is -0.373. The molecule has 8 fully saturated rings. The van der Waals surface area contributed by atoms with E-state index < -0.39 is 88.7 Å². The fourth-order valence-corrected chi connectivity index (χ4v) is 14.4. The van der Waals surface area contributed by atoms with Gasteiger partial charge in [-0.1, -0.05) is 42.2 Å². The van der Waals surface area contributed by atoms with Gasteiger partial charge in [0.1, 0.15) is 52.8 Å². The molecular weight excluding hydrogens is 1050 g/mol. The minimum atomic E-state index is -1.72. The second-order valence-corrected chi connectivity index (χ2v) is 26.0. The SMILES string of the molecule is CC(C)=CCCC1(C)C=Cc2c(c(CC=C(C)C)c3c(c2OC(=O)c2ccc(O[C@@H]4O[C@@H]5COC(C)(C)O[C@H]5[C@@H](O)[C@H]4O)cc2)C(=O)C2C(NN4CCCCC4)C4CC5C(C)(C)OC(C/C=C(/C)C(=O)NN6CCCCC6)(C4=O)C25O3)O1. The Kier molecular flexibility index (Phi) is 15.9. The molecule has 10 aliphatic rings. The molecule has 0 radical (unpaired) electrons. The standard InChI is InChI=1S/C64H84N4O14/c1-36(2)18-17-27-62(10)28-26-42-52(80-62)41(24-19-37(3)4)54-46(53(42)78-58(74)39-20-22-40(23-21-39)76-59-51(71)50(70)55-44(77-59)35-75-61(8,9)79-55)49(69)47-48(65-67-30-13-11-14-31-67)43-34-45-60(6,7)82-63(56(43)72,64(45,47)81-54)29-25-38(5)57(73)66-68-32-15-12-16-33-68/h18-23,25-26,28,43-45,47-48,50-51,55,59,65,70-71H,11-17,24,27,29-35H2,1-10H3,(H,66,73)/b38-25-/t43?,44-,45?,47?,48?,50+,51-,55-,59-,62?,63?,64?/m1/s1. The van der Waals surface area contributed by atoms with Gasteiger partial charge in [-0.3, -0.25) is 25.2 Å². The van der Waals surface area contributed by atoms with Gasteiger partial charge in [-0.05, 0) is 157 Å². The number of amides is 1. The van der Waals surface area contributed by atoms with E-state index in [4.69, 9.17) is 37.9 Å². The van der Waals surface area contributed by atoms with Crippen LogP contribution in [0.1, 0.15) is 165 Å². The summed E-state index contributed by atoms with van der Waals surface area (Å²) in [7, 11) is 0. The number of aliphatic hydroxyl groups is 2. The number of fused-ring (bicyclic) bond motifs is 3. The van der Waals surface area contributed by atoms with Crippen molar-refractivity contribution in [3.63, 3.8) is 0 Å². The molecule has 4 N–H and O–H groups in total. The normalized spacial score (nSPS) is 34.3. The van der Waals surface area contributed by atoms with Gasteiger partial charge >= 0.3 is 5.97 Å². The molecule has 1 amide bonds. The van der Waals surface area contributed by atoms with Crippen molar-refractivity contribution in [1.82, 2.24) is 20.9 Å². The third-order valence-corrected chi connectivity index (χ3v) is 18.6. The van der Waals surface area contributed by atoms with Crippen LogP contribution in [0.15, 0.2) is 65.3 Å². The van der Waals surface area contributed by atoms with Crippen molar-refractivity contribution in [2.24, 2.45) is 17.8 Å². The van der Waals surface area contributed by atoms with Crippen molar-refractivity contribution in [2.75, 3.05) is 32.8 Å². The topological polar surface area (TPSA) is 213 Å². The Labute approximate surface area is 481 Å². The molecule has 1 spiro atoms. The van der Waals surface area contributed by atoms with E-state index >= 15 is 9.59 Å². The van der Waals surface area contributed by atoms with Gasteiger partial charge in [-0.25, -0.2) is 14.8 Å². The molecule has 7 unspecified atom stereocenters. The molecule has 12 atom stereocenters. The summed E-state index contributed by atoms with van der Waals surface area (Å²) in [6, 6.07) is 5.37. The lowest BCUT2D eigenvalue weighted by Gasteiger charge is -2.63. The van der Waals surface area contributed by atoms with Gasteiger partial charge < -0.3 is 48.1 Å². The third-order valence-electron chi connectivity index (χ3n) is 18.6. The van der Waals surface area contributed by atoms with E-state index in [2.05, 4.69) is 41.9 Å². The highest BCUT2D eigenvalue weighted by molar-refractivity contribution is 6.11. The molecule has 444 valence electrons. The number of benzene rings is 2. The summed E-state index contributed by atoms with van der Waals surface area (Å²) in [4.78, 5) is 61.7. The predicted octanol–water partition coefficient (Wildman–Crippen LogP) is 8.21. The zero-order valence-electron chi connectivity index (χ0n) is 49.4. The van der Waals surface area contributed by atoms with Crippen molar-refractivity contribution in [1.29, 1.82) is 0 Å². The number of carbonyl (C=O) groups excluding carboxylic acids is 4. The van der Waals surface area contributed by atoms with Crippen LogP contribution in [0.4, 0.5) is 0 Å². The van der Waals surface area contributed by atoms with Crippen LogP contribution in [0.5, 0.6) is 23.0 Å². The highest BCUT2D eigenvalue weighted by Gasteiger charge is 2.85. The highest BCUT2D eigenvalue weighted by Crippen LogP contribution is 2.70. The largest absolute Gasteiger partial charge is 0.482 e. The van der Waals surface area contributed by atoms with E-state index in [9.17, 15) is 19.8 Å². The van der Waals surface area contributed by atoms with Crippen molar-refractivity contribution in [3.05, 3.63) is 87.5 Å². The zero-order valence-corrected chi connectivity index (χ0v) is 49.4. The Morgan fingerprint density at radius 1 is 0.829 bits per heavy atom. The minimum absolute atomic E-state index is 0.0246. The Bertz CT molecular complexity index is 2960. The molecule has 3 saturated carbocycles. The van der Waals surface area contributed by atoms with Crippen molar-refractivity contribution < 1.29 is 67.3 Å². The lowest BCUT2D eigenvalue weighted by Crippen LogP contribution is -2.82. The summed E-state index contributed by atoms with van der Waals surface area (Å²) in [6.07, 6.45) is 12.2. The Balaban J connectivity index is 1.02. The van der Waals surface area contributed by atoms with E-state index in [1.165, 1.54) is 29.8 Å². The quantitative estimate of drug-likeness (QED) is 0.0572. The van der Waals surface area contributed by atoms with Crippen LogP contribution in [0.2, 0.25) is 0 Å². The van der Waals surface area contributed by atoms with Crippen LogP contribution in [0.3, 0.4) is 0 Å². The number of rotatable bonds is 15. The number of hydrogen-bond donors (Lipinski definition) is 4. The number of allylic oxidation sites excluding steroid dienone is 4. The van der Waals surface area contributed by atoms with E-state index in [1.54, 1.807) is 26.8 Å². The summed E-state index contributed by atoms with van der Waals surface area (Å²) in [6.45, 7) is 22.3. The molecule has 4 bridgehead atoms. The molecule has 2 aromatic carbocycles. The van der Waals surface area contributed by atoms with E-state index in [-0.39, 0.29) is 65.3 Å². The number of nitrogens with zero attached hydrogens (tertiary/aromatic N) is 2. The number of Topliss-reactive ketones (excluding diaryl/α,β-unsaturated/α-hetero) is 2. The Hall–Kier alpha value is -5.28. The van der Waals surface area contributed by atoms with E-state index in [0.717, 1.165) is 76.7 Å². The van der Waals surface area contributed by atoms with Crippen molar-refractivity contribution in [2.45, 2.75) is 205 Å². The average Bonchev–Trinajstić information content (AvgIpc) is 1.37. The van der Waals surface area contributed by atoms with E-state index in [1.807, 2.05) is 51.8 Å². The molecule has 5 saturated heterocycles. The van der Waals surface area contributed by atoms with Gasteiger partial charge in [0, 0.05) is 61.6 Å².